The number of anilines is 1. The van der Waals surface area contributed by atoms with Gasteiger partial charge in [-0.3, -0.25) is 9.58 Å². The van der Waals surface area contributed by atoms with Crippen LogP contribution in [0.3, 0.4) is 0 Å². The van der Waals surface area contributed by atoms with E-state index in [2.05, 4.69) is 39.8 Å². The molecule has 25 heavy (non-hydrogen) atoms. The van der Waals surface area contributed by atoms with Gasteiger partial charge >= 0.3 is 6.03 Å². The van der Waals surface area contributed by atoms with Gasteiger partial charge in [-0.1, -0.05) is 30.3 Å². The van der Waals surface area contributed by atoms with Crippen LogP contribution in [0.15, 0.2) is 30.3 Å². The van der Waals surface area contributed by atoms with Gasteiger partial charge in [0.05, 0.1) is 29.2 Å². The number of likely N-dealkylation sites (N-methyl/N-ethyl adjacent to an activating group) is 1. The molecule has 2 amide bonds. The van der Waals surface area contributed by atoms with E-state index < -0.39 is 0 Å². The Morgan fingerprint density at radius 1 is 1.28 bits per heavy atom. The molecule has 0 radical (unpaired) electrons. The Morgan fingerprint density at radius 2 is 2.00 bits per heavy atom. The van der Waals surface area contributed by atoms with Gasteiger partial charge in [0.15, 0.2) is 0 Å². The highest BCUT2D eigenvalue weighted by Crippen LogP contribution is 2.31. The maximum absolute atomic E-state index is 12.6. The number of nitrogens with zero attached hydrogens (tertiary/aromatic N) is 3. The summed E-state index contributed by atoms with van der Waals surface area (Å²) in [6.07, 6.45) is 0.940. The van der Waals surface area contributed by atoms with Crippen molar-refractivity contribution < 1.29 is 4.79 Å². The molecule has 0 aliphatic carbocycles. The van der Waals surface area contributed by atoms with Crippen molar-refractivity contribution in [2.75, 3.05) is 18.9 Å². The molecule has 2 atom stereocenters. The zero-order valence-electron chi connectivity index (χ0n) is 15.4. The van der Waals surface area contributed by atoms with Gasteiger partial charge < -0.3 is 10.6 Å². The lowest BCUT2D eigenvalue weighted by Gasteiger charge is -2.26. The van der Waals surface area contributed by atoms with E-state index in [4.69, 9.17) is 0 Å². The fourth-order valence-corrected chi connectivity index (χ4v) is 3.74. The number of amides is 2. The minimum atomic E-state index is -0.164. The summed E-state index contributed by atoms with van der Waals surface area (Å²) in [6.45, 7) is 7.71. The van der Waals surface area contributed by atoms with Crippen molar-refractivity contribution in [3.63, 3.8) is 0 Å². The summed E-state index contributed by atoms with van der Waals surface area (Å²) < 4.78 is 1.90. The molecule has 1 fully saturated rings. The Morgan fingerprint density at radius 3 is 2.64 bits per heavy atom. The molecule has 2 heterocycles. The van der Waals surface area contributed by atoms with Crippen molar-refractivity contribution >= 4 is 11.7 Å². The summed E-state index contributed by atoms with van der Waals surface area (Å²) in [5.74, 6) is 0. The van der Waals surface area contributed by atoms with E-state index >= 15 is 0 Å². The zero-order chi connectivity index (χ0) is 18.0. The van der Waals surface area contributed by atoms with Gasteiger partial charge in [0.25, 0.3) is 0 Å². The summed E-state index contributed by atoms with van der Waals surface area (Å²) in [6, 6.07) is 10.5. The molecular weight excluding hydrogens is 314 g/mol. The first kappa shape index (κ1) is 17.5. The molecule has 134 valence electrons. The van der Waals surface area contributed by atoms with Crippen LogP contribution in [0.2, 0.25) is 0 Å². The molecular formula is C19H27N5O. The molecule has 1 aromatic carbocycles. The highest BCUT2D eigenvalue weighted by atomic mass is 16.2. The van der Waals surface area contributed by atoms with Crippen LogP contribution in [0.25, 0.3) is 0 Å². The van der Waals surface area contributed by atoms with Crippen molar-refractivity contribution in [1.82, 2.24) is 20.0 Å². The third kappa shape index (κ3) is 3.54. The molecule has 2 N–H and O–H groups in total. The quantitative estimate of drug-likeness (QED) is 0.898. The van der Waals surface area contributed by atoms with Crippen molar-refractivity contribution in [3.8, 4) is 0 Å². The number of nitrogens with one attached hydrogen (secondary N) is 2. The Balaban J connectivity index is 1.71. The Labute approximate surface area is 149 Å². The standard InChI is InChI=1S/C19H27N5O/c1-5-24-14(3)17(13(2)22-24)21-19(25)20-16-11-12-23(4)18(16)15-9-7-6-8-10-15/h6-10,16,18H,5,11-12H2,1-4H3,(H2,20,21,25)/t16-,18+/m0/s1. The first-order valence-electron chi connectivity index (χ1n) is 8.88. The van der Waals surface area contributed by atoms with Gasteiger partial charge in [0, 0.05) is 13.1 Å². The molecule has 1 aliphatic heterocycles. The lowest BCUT2D eigenvalue weighted by Crippen LogP contribution is -2.41. The van der Waals surface area contributed by atoms with Crippen LogP contribution in [-0.2, 0) is 6.54 Å². The van der Waals surface area contributed by atoms with Gasteiger partial charge in [0.1, 0.15) is 0 Å². The highest BCUT2D eigenvalue weighted by molar-refractivity contribution is 5.90. The second-order valence-electron chi connectivity index (χ2n) is 6.69. The van der Waals surface area contributed by atoms with Crippen LogP contribution in [0.5, 0.6) is 0 Å². The van der Waals surface area contributed by atoms with Gasteiger partial charge in [-0.15, -0.1) is 0 Å². The van der Waals surface area contributed by atoms with Crippen molar-refractivity contribution in [1.29, 1.82) is 0 Å². The molecule has 1 aromatic heterocycles. The topological polar surface area (TPSA) is 62.2 Å². The predicted octanol–water partition coefficient (Wildman–Crippen LogP) is 3.09. The van der Waals surface area contributed by atoms with E-state index in [0.29, 0.717) is 0 Å². The van der Waals surface area contributed by atoms with Crippen molar-refractivity contribution in [3.05, 3.63) is 47.3 Å². The van der Waals surface area contributed by atoms with Gasteiger partial charge in [-0.2, -0.15) is 5.10 Å². The number of aromatic nitrogens is 2. The molecule has 0 unspecified atom stereocenters. The van der Waals surface area contributed by atoms with Gasteiger partial charge in [0.2, 0.25) is 0 Å². The molecule has 0 spiro atoms. The molecule has 0 saturated carbocycles. The monoisotopic (exact) mass is 341 g/mol. The van der Waals surface area contributed by atoms with Gasteiger partial charge in [-0.05, 0) is 39.8 Å². The SMILES string of the molecule is CCn1nc(C)c(NC(=O)N[C@H]2CCN(C)[C@@H]2c2ccccc2)c1C. The fourth-order valence-electron chi connectivity index (χ4n) is 3.74. The average molecular weight is 341 g/mol. The van der Waals surface area contributed by atoms with Crippen molar-refractivity contribution in [2.24, 2.45) is 0 Å². The largest absolute Gasteiger partial charge is 0.333 e. The summed E-state index contributed by atoms with van der Waals surface area (Å²) in [7, 11) is 2.11. The number of aryl methyl sites for hydroxylation is 2. The number of carbonyl (C=O) groups excluding carboxylic acids is 1. The zero-order valence-corrected chi connectivity index (χ0v) is 15.4. The number of hydrogen-bond acceptors (Lipinski definition) is 3. The summed E-state index contributed by atoms with van der Waals surface area (Å²) >= 11 is 0. The smallest absolute Gasteiger partial charge is 0.319 e. The summed E-state index contributed by atoms with van der Waals surface area (Å²) in [5, 5.41) is 10.6. The van der Waals surface area contributed by atoms with E-state index in [1.54, 1.807) is 0 Å². The minimum Gasteiger partial charge on any atom is -0.333 e. The third-order valence-corrected chi connectivity index (χ3v) is 5.03. The Kier molecular flexibility index (Phi) is 5.08. The van der Waals surface area contributed by atoms with Crippen molar-refractivity contribution in [2.45, 2.75) is 45.8 Å². The first-order chi connectivity index (χ1) is 12.0. The predicted molar refractivity (Wildman–Crippen MR) is 99.7 cm³/mol. The maximum Gasteiger partial charge on any atom is 0.319 e. The lowest BCUT2D eigenvalue weighted by atomic mass is 10.0. The number of likely N-dealkylation sites (tertiary alicyclic amines) is 1. The fraction of sp³-hybridized carbons (Fsp3) is 0.474. The second-order valence-corrected chi connectivity index (χ2v) is 6.69. The van der Waals surface area contributed by atoms with Crippen LogP contribution < -0.4 is 10.6 Å². The second kappa shape index (κ2) is 7.27. The molecule has 1 saturated heterocycles. The molecule has 1 aliphatic rings. The van der Waals surface area contributed by atoms with E-state index in [0.717, 1.165) is 36.6 Å². The molecule has 6 heteroatoms. The Bertz CT molecular complexity index is 740. The van der Waals surface area contributed by atoms with Crippen LogP contribution in [0, 0.1) is 13.8 Å². The molecule has 6 nitrogen and oxygen atoms in total. The Hall–Kier alpha value is -2.34. The molecule has 0 bridgehead atoms. The van der Waals surface area contributed by atoms with E-state index in [-0.39, 0.29) is 18.1 Å². The maximum atomic E-state index is 12.6. The molecule has 2 aromatic rings. The van der Waals surface area contributed by atoms with Crippen LogP contribution in [-0.4, -0.2) is 40.3 Å². The number of carbonyl (C=O) groups is 1. The van der Waals surface area contributed by atoms with E-state index in [1.807, 2.05) is 43.7 Å². The van der Waals surface area contributed by atoms with Crippen LogP contribution >= 0.6 is 0 Å². The van der Waals surface area contributed by atoms with Gasteiger partial charge in [-0.25, -0.2) is 4.79 Å². The highest BCUT2D eigenvalue weighted by Gasteiger charge is 2.34. The number of rotatable bonds is 4. The lowest BCUT2D eigenvalue weighted by molar-refractivity contribution is 0.240. The van der Waals surface area contributed by atoms with Crippen LogP contribution in [0.4, 0.5) is 10.5 Å². The van der Waals surface area contributed by atoms with E-state index in [1.165, 1.54) is 5.56 Å². The summed E-state index contributed by atoms with van der Waals surface area (Å²) in [5.41, 5.74) is 3.87. The average Bonchev–Trinajstić information content (AvgIpc) is 3.09. The molecule has 3 rings (SSSR count). The van der Waals surface area contributed by atoms with Crippen LogP contribution in [0.1, 0.15) is 36.3 Å². The minimum absolute atomic E-state index is 0.0919. The number of hydrogen-bond donors (Lipinski definition) is 2. The summed E-state index contributed by atoms with van der Waals surface area (Å²) in [4.78, 5) is 14.9. The first-order valence-corrected chi connectivity index (χ1v) is 8.88. The van der Waals surface area contributed by atoms with E-state index in [9.17, 15) is 4.79 Å². The number of benzene rings is 1. The normalized spacial score (nSPS) is 20.6. The third-order valence-electron chi connectivity index (χ3n) is 5.03. The number of urea groups is 1.